The molecule has 0 amide bonds. The van der Waals surface area contributed by atoms with E-state index < -0.39 is 18.0 Å². The van der Waals surface area contributed by atoms with Crippen molar-refractivity contribution in [2.75, 3.05) is 0 Å². The molecule has 0 saturated heterocycles. The quantitative estimate of drug-likeness (QED) is 0.710. The Labute approximate surface area is 82.0 Å². The van der Waals surface area contributed by atoms with E-state index in [1.54, 1.807) is 6.07 Å². The van der Waals surface area contributed by atoms with Gasteiger partial charge in [0.25, 0.3) is 0 Å². The molecule has 0 bridgehead atoms. The number of carbonyl (C=O) groups is 1. The molecule has 2 rings (SSSR count). The first-order valence-corrected chi connectivity index (χ1v) is 4.61. The maximum atomic E-state index is 10.9. The summed E-state index contributed by atoms with van der Waals surface area (Å²) in [5.74, 6) is -1.40. The summed E-state index contributed by atoms with van der Waals surface area (Å²) in [7, 11) is 0. The van der Waals surface area contributed by atoms with Crippen LogP contribution in [-0.4, -0.2) is 16.2 Å². The van der Waals surface area contributed by atoms with Crippen LogP contribution in [0.15, 0.2) is 18.2 Å². The van der Waals surface area contributed by atoms with Gasteiger partial charge in [-0.3, -0.25) is 4.79 Å². The van der Waals surface area contributed by atoms with Gasteiger partial charge in [0, 0.05) is 0 Å². The molecular formula is C11H12O3. The topological polar surface area (TPSA) is 57.5 Å². The molecule has 0 fully saturated rings. The Balaban J connectivity index is 2.49. The number of rotatable bonds is 1. The fourth-order valence-corrected chi connectivity index (χ4v) is 2.01. The van der Waals surface area contributed by atoms with Gasteiger partial charge in [-0.05, 0) is 24.5 Å². The van der Waals surface area contributed by atoms with Crippen molar-refractivity contribution in [3.05, 3.63) is 34.9 Å². The third kappa shape index (κ3) is 1.30. The zero-order valence-corrected chi connectivity index (χ0v) is 7.90. The fourth-order valence-electron chi connectivity index (χ4n) is 2.01. The number of carboxylic acid groups (broad SMARTS) is 1. The minimum Gasteiger partial charge on any atom is -0.481 e. The Morgan fingerprint density at radius 3 is 2.79 bits per heavy atom. The van der Waals surface area contributed by atoms with Gasteiger partial charge < -0.3 is 10.2 Å². The highest BCUT2D eigenvalue weighted by molar-refractivity contribution is 5.78. The van der Waals surface area contributed by atoms with Gasteiger partial charge in [-0.15, -0.1) is 0 Å². The molecule has 1 aliphatic rings. The summed E-state index contributed by atoms with van der Waals surface area (Å²) in [5.41, 5.74) is 2.59. The van der Waals surface area contributed by atoms with Crippen molar-refractivity contribution >= 4 is 5.97 Å². The molecule has 2 N–H and O–H groups in total. The molecule has 3 nitrogen and oxygen atoms in total. The minimum atomic E-state index is -0.855. The third-order valence-electron chi connectivity index (χ3n) is 2.73. The van der Waals surface area contributed by atoms with E-state index in [1.165, 1.54) is 0 Å². The number of hydrogen-bond donors (Lipinski definition) is 2. The monoisotopic (exact) mass is 192 g/mol. The van der Waals surface area contributed by atoms with E-state index in [2.05, 4.69) is 0 Å². The molecule has 2 unspecified atom stereocenters. The highest BCUT2D eigenvalue weighted by atomic mass is 16.4. The number of aryl methyl sites for hydroxylation is 1. The number of aliphatic hydroxyl groups excluding tert-OH is 1. The summed E-state index contributed by atoms with van der Waals surface area (Å²) in [6, 6.07) is 5.55. The Hall–Kier alpha value is -1.35. The number of hydrogen-bond acceptors (Lipinski definition) is 2. The summed E-state index contributed by atoms with van der Waals surface area (Å²) >= 11 is 0. The molecule has 14 heavy (non-hydrogen) atoms. The van der Waals surface area contributed by atoms with Gasteiger partial charge in [-0.2, -0.15) is 0 Å². The van der Waals surface area contributed by atoms with E-state index in [0.29, 0.717) is 6.42 Å². The molecule has 74 valence electrons. The molecule has 1 aromatic rings. The molecule has 1 aromatic carbocycles. The first-order valence-electron chi connectivity index (χ1n) is 4.61. The normalized spacial score (nSPS) is 24.7. The summed E-state index contributed by atoms with van der Waals surface area (Å²) in [5, 5.41) is 18.6. The van der Waals surface area contributed by atoms with Gasteiger partial charge in [-0.1, -0.05) is 23.8 Å². The van der Waals surface area contributed by atoms with Crippen molar-refractivity contribution < 1.29 is 15.0 Å². The smallest absolute Gasteiger partial charge is 0.311 e. The van der Waals surface area contributed by atoms with Crippen LogP contribution in [0.2, 0.25) is 0 Å². The Morgan fingerprint density at radius 1 is 1.43 bits per heavy atom. The second kappa shape index (κ2) is 3.10. The number of fused-ring (bicyclic) bond motifs is 1. The first-order chi connectivity index (χ1) is 6.59. The average Bonchev–Trinajstić information content (AvgIpc) is 2.44. The van der Waals surface area contributed by atoms with Crippen LogP contribution >= 0.6 is 0 Å². The van der Waals surface area contributed by atoms with Crippen LogP contribution in [0, 0.1) is 6.92 Å². The zero-order valence-electron chi connectivity index (χ0n) is 7.90. The zero-order chi connectivity index (χ0) is 10.3. The maximum Gasteiger partial charge on any atom is 0.311 e. The predicted molar refractivity (Wildman–Crippen MR) is 51.1 cm³/mol. The average molecular weight is 192 g/mol. The van der Waals surface area contributed by atoms with E-state index in [1.807, 2.05) is 19.1 Å². The highest BCUT2D eigenvalue weighted by Gasteiger charge is 2.34. The fraction of sp³-hybridized carbons (Fsp3) is 0.364. The number of carboxylic acids is 1. The lowest BCUT2D eigenvalue weighted by Gasteiger charge is -2.05. The number of benzene rings is 1. The number of aliphatic hydroxyl groups is 1. The number of aliphatic carboxylic acids is 1. The lowest BCUT2D eigenvalue weighted by molar-refractivity contribution is -0.139. The van der Waals surface area contributed by atoms with E-state index >= 15 is 0 Å². The maximum absolute atomic E-state index is 10.9. The molecule has 3 heteroatoms. The molecule has 0 aromatic heterocycles. The van der Waals surface area contributed by atoms with Crippen LogP contribution < -0.4 is 0 Å². The molecule has 2 atom stereocenters. The molecule has 0 radical (unpaired) electrons. The molecule has 0 saturated carbocycles. The van der Waals surface area contributed by atoms with Crippen LogP contribution in [0.5, 0.6) is 0 Å². The SMILES string of the molecule is Cc1ccc2c(c1)C(O)CC2C(=O)O. The summed E-state index contributed by atoms with van der Waals surface area (Å²) in [6.07, 6.45) is -0.320. The van der Waals surface area contributed by atoms with Gasteiger partial charge in [0.15, 0.2) is 0 Å². The second-order valence-electron chi connectivity index (χ2n) is 3.77. The predicted octanol–water partition coefficient (Wildman–Crippen LogP) is 1.60. The second-order valence-corrected chi connectivity index (χ2v) is 3.77. The van der Waals surface area contributed by atoms with Crippen molar-refractivity contribution in [3.8, 4) is 0 Å². The van der Waals surface area contributed by atoms with Crippen molar-refractivity contribution in [2.24, 2.45) is 0 Å². The third-order valence-corrected chi connectivity index (χ3v) is 2.73. The van der Waals surface area contributed by atoms with E-state index in [0.717, 1.165) is 16.7 Å². The molecule has 1 aliphatic carbocycles. The van der Waals surface area contributed by atoms with Crippen molar-refractivity contribution in [1.29, 1.82) is 0 Å². The van der Waals surface area contributed by atoms with Gasteiger partial charge in [0.2, 0.25) is 0 Å². The standard InChI is InChI=1S/C11H12O3/c1-6-2-3-7-8(4-6)10(12)5-9(7)11(13)14/h2-4,9-10,12H,5H2,1H3,(H,13,14). The van der Waals surface area contributed by atoms with Crippen LogP contribution in [0.25, 0.3) is 0 Å². The molecule has 0 heterocycles. The van der Waals surface area contributed by atoms with Crippen LogP contribution in [0.1, 0.15) is 35.1 Å². The molecule has 0 spiro atoms. The summed E-state index contributed by atoms with van der Waals surface area (Å²) in [4.78, 5) is 10.9. The van der Waals surface area contributed by atoms with Crippen LogP contribution in [0.3, 0.4) is 0 Å². The Kier molecular flexibility index (Phi) is 2.04. The summed E-state index contributed by atoms with van der Waals surface area (Å²) in [6.45, 7) is 1.93. The van der Waals surface area contributed by atoms with Crippen LogP contribution in [0.4, 0.5) is 0 Å². The van der Waals surface area contributed by atoms with Gasteiger partial charge >= 0.3 is 5.97 Å². The van der Waals surface area contributed by atoms with Crippen molar-refractivity contribution in [3.63, 3.8) is 0 Å². The van der Waals surface area contributed by atoms with E-state index in [4.69, 9.17) is 5.11 Å². The highest BCUT2D eigenvalue weighted by Crippen LogP contribution is 2.40. The van der Waals surface area contributed by atoms with Gasteiger partial charge in [0.1, 0.15) is 0 Å². The van der Waals surface area contributed by atoms with Gasteiger partial charge in [0.05, 0.1) is 12.0 Å². The van der Waals surface area contributed by atoms with E-state index in [9.17, 15) is 9.90 Å². The van der Waals surface area contributed by atoms with Crippen LogP contribution in [-0.2, 0) is 4.79 Å². The molecular weight excluding hydrogens is 180 g/mol. The minimum absolute atomic E-state index is 0.300. The van der Waals surface area contributed by atoms with Gasteiger partial charge in [-0.25, -0.2) is 0 Å². The summed E-state index contributed by atoms with van der Waals surface area (Å²) < 4.78 is 0. The Bertz CT molecular complexity index is 384. The lowest BCUT2D eigenvalue weighted by Crippen LogP contribution is -2.07. The molecule has 0 aliphatic heterocycles. The lowest BCUT2D eigenvalue weighted by atomic mass is 10.0. The first kappa shape index (κ1) is 9.21. The van der Waals surface area contributed by atoms with Crippen molar-refractivity contribution in [1.82, 2.24) is 0 Å². The van der Waals surface area contributed by atoms with Crippen molar-refractivity contribution in [2.45, 2.75) is 25.4 Å². The largest absolute Gasteiger partial charge is 0.481 e. The Morgan fingerprint density at radius 2 is 2.14 bits per heavy atom. The van der Waals surface area contributed by atoms with E-state index in [-0.39, 0.29) is 0 Å².